The average Bonchev–Trinajstić information content (AvgIpc) is 2.63. The van der Waals surface area contributed by atoms with Crippen molar-refractivity contribution in [3.8, 4) is 0 Å². The lowest BCUT2D eigenvalue weighted by Gasteiger charge is -2.02. The number of rotatable bonds is 3. The zero-order valence-electron chi connectivity index (χ0n) is 6.27. The van der Waals surface area contributed by atoms with E-state index in [2.05, 4.69) is 15.5 Å². The van der Waals surface area contributed by atoms with Gasteiger partial charge in [-0.2, -0.15) is 0 Å². The topological polar surface area (TPSA) is 60.7 Å². The molecular formula is C6H7ClN4O. The summed E-state index contributed by atoms with van der Waals surface area (Å²) in [6, 6.07) is 0. The van der Waals surface area contributed by atoms with Crippen molar-refractivity contribution in [1.29, 1.82) is 0 Å². The fraction of sp³-hybridized carbons (Fsp3) is 0.667. The molecule has 0 radical (unpaired) electrons. The van der Waals surface area contributed by atoms with Crippen molar-refractivity contribution in [2.24, 2.45) is 0 Å². The van der Waals surface area contributed by atoms with Crippen molar-refractivity contribution in [3.05, 3.63) is 6.33 Å². The minimum absolute atomic E-state index is 0.00327. The number of hydrogen-bond donors (Lipinski definition) is 0. The SMILES string of the molecule is O=C(Cn1cnnn1)C1(Cl)CC1. The highest BCUT2D eigenvalue weighted by Gasteiger charge is 2.47. The van der Waals surface area contributed by atoms with Crippen molar-refractivity contribution >= 4 is 17.4 Å². The van der Waals surface area contributed by atoms with Gasteiger partial charge in [-0.15, -0.1) is 16.7 Å². The number of ketones is 1. The molecule has 1 aliphatic rings. The smallest absolute Gasteiger partial charge is 0.175 e. The van der Waals surface area contributed by atoms with Crippen LogP contribution in [0.4, 0.5) is 0 Å². The van der Waals surface area contributed by atoms with E-state index in [1.54, 1.807) is 0 Å². The molecule has 1 aromatic heterocycles. The van der Waals surface area contributed by atoms with Crippen LogP contribution in [-0.2, 0) is 11.3 Å². The van der Waals surface area contributed by atoms with E-state index >= 15 is 0 Å². The van der Waals surface area contributed by atoms with Crippen molar-refractivity contribution in [2.75, 3.05) is 0 Å². The molecule has 1 saturated carbocycles. The highest BCUT2D eigenvalue weighted by atomic mass is 35.5. The highest BCUT2D eigenvalue weighted by molar-refractivity contribution is 6.37. The molecule has 1 aliphatic carbocycles. The summed E-state index contributed by atoms with van der Waals surface area (Å²) in [5.74, 6) is -0.00327. The Morgan fingerprint density at radius 3 is 2.92 bits per heavy atom. The number of nitrogens with zero attached hydrogens (tertiary/aromatic N) is 4. The zero-order valence-corrected chi connectivity index (χ0v) is 7.03. The average molecular weight is 187 g/mol. The third-order valence-electron chi connectivity index (χ3n) is 1.89. The summed E-state index contributed by atoms with van der Waals surface area (Å²) in [5.41, 5.74) is 0. The van der Waals surface area contributed by atoms with Gasteiger partial charge in [0, 0.05) is 0 Å². The molecule has 0 aliphatic heterocycles. The van der Waals surface area contributed by atoms with Gasteiger partial charge in [-0.1, -0.05) is 0 Å². The first-order valence-electron chi connectivity index (χ1n) is 3.64. The molecule has 0 spiro atoms. The van der Waals surface area contributed by atoms with Crippen molar-refractivity contribution < 1.29 is 4.79 Å². The second-order valence-electron chi connectivity index (χ2n) is 2.90. The van der Waals surface area contributed by atoms with Gasteiger partial charge in [-0.3, -0.25) is 4.79 Å². The molecule has 0 unspecified atom stereocenters. The summed E-state index contributed by atoms with van der Waals surface area (Å²) >= 11 is 5.88. The van der Waals surface area contributed by atoms with E-state index in [-0.39, 0.29) is 12.3 Å². The Hall–Kier alpha value is -0.970. The lowest BCUT2D eigenvalue weighted by molar-refractivity contribution is -0.120. The normalized spacial score (nSPS) is 19.1. The molecular weight excluding hydrogens is 180 g/mol. The van der Waals surface area contributed by atoms with Gasteiger partial charge in [0.1, 0.15) is 17.7 Å². The molecule has 1 fully saturated rings. The Labute approximate surface area is 73.7 Å². The Balaban J connectivity index is 2.00. The maximum absolute atomic E-state index is 11.3. The van der Waals surface area contributed by atoms with Crippen LogP contribution in [-0.4, -0.2) is 30.9 Å². The number of alkyl halides is 1. The van der Waals surface area contributed by atoms with Crippen molar-refractivity contribution in [1.82, 2.24) is 20.2 Å². The Morgan fingerprint density at radius 1 is 1.67 bits per heavy atom. The largest absolute Gasteiger partial charge is 0.296 e. The summed E-state index contributed by atoms with van der Waals surface area (Å²) in [6.45, 7) is 0.177. The quantitative estimate of drug-likeness (QED) is 0.625. The standard InChI is InChI=1S/C6H7ClN4O/c7-6(1-2-6)5(12)3-11-4-8-9-10-11/h4H,1-3H2. The first kappa shape index (κ1) is 7.67. The number of carbonyl (C=O) groups excluding carboxylic acids is 1. The van der Waals surface area contributed by atoms with E-state index in [4.69, 9.17) is 11.6 Å². The molecule has 1 aromatic rings. The van der Waals surface area contributed by atoms with Gasteiger partial charge in [0.2, 0.25) is 0 Å². The van der Waals surface area contributed by atoms with E-state index in [0.29, 0.717) is 0 Å². The van der Waals surface area contributed by atoms with E-state index in [1.165, 1.54) is 11.0 Å². The van der Waals surface area contributed by atoms with Gasteiger partial charge in [0.25, 0.3) is 0 Å². The van der Waals surface area contributed by atoms with E-state index < -0.39 is 4.87 Å². The van der Waals surface area contributed by atoms with Gasteiger partial charge < -0.3 is 0 Å². The molecule has 0 amide bonds. The molecule has 64 valence electrons. The zero-order chi connectivity index (χ0) is 8.60. The van der Waals surface area contributed by atoms with Crippen LogP contribution in [0.25, 0.3) is 0 Å². The summed E-state index contributed by atoms with van der Waals surface area (Å²) in [7, 11) is 0. The number of carbonyl (C=O) groups is 1. The first-order valence-corrected chi connectivity index (χ1v) is 4.01. The predicted octanol–water partition coefficient (Wildman–Crippen LogP) is 0.0136. The van der Waals surface area contributed by atoms with Gasteiger partial charge in [0.05, 0.1) is 0 Å². The van der Waals surface area contributed by atoms with Crippen molar-refractivity contribution in [2.45, 2.75) is 24.3 Å². The van der Waals surface area contributed by atoms with Crippen LogP contribution >= 0.6 is 11.6 Å². The third kappa shape index (κ3) is 1.32. The van der Waals surface area contributed by atoms with Crippen LogP contribution in [0, 0.1) is 0 Å². The molecule has 5 nitrogen and oxygen atoms in total. The van der Waals surface area contributed by atoms with E-state index in [9.17, 15) is 4.79 Å². The minimum Gasteiger partial charge on any atom is -0.296 e. The van der Waals surface area contributed by atoms with Gasteiger partial charge >= 0.3 is 0 Å². The number of halogens is 1. The maximum atomic E-state index is 11.3. The first-order chi connectivity index (χ1) is 5.71. The monoisotopic (exact) mass is 186 g/mol. The Bertz CT molecular complexity index is 293. The number of aromatic nitrogens is 4. The third-order valence-corrected chi connectivity index (χ3v) is 2.47. The lowest BCUT2D eigenvalue weighted by atomic mass is 10.2. The molecule has 0 N–H and O–H groups in total. The number of tetrazole rings is 1. The molecule has 2 rings (SSSR count). The van der Waals surface area contributed by atoms with Gasteiger partial charge in [-0.05, 0) is 23.3 Å². The molecule has 1 heterocycles. The lowest BCUT2D eigenvalue weighted by Crippen LogP contribution is -2.22. The summed E-state index contributed by atoms with van der Waals surface area (Å²) in [4.78, 5) is 10.7. The summed E-state index contributed by atoms with van der Waals surface area (Å²) in [5, 5.41) is 10.4. The van der Waals surface area contributed by atoms with Gasteiger partial charge in [-0.25, -0.2) is 4.68 Å². The van der Waals surface area contributed by atoms with Crippen molar-refractivity contribution in [3.63, 3.8) is 0 Å². The van der Waals surface area contributed by atoms with Crippen LogP contribution in [0.15, 0.2) is 6.33 Å². The summed E-state index contributed by atoms with van der Waals surface area (Å²) in [6.07, 6.45) is 2.95. The van der Waals surface area contributed by atoms with Crippen LogP contribution in [0.3, 0.4) is 0 Å². The molecule has 0 aromatic carbocycles. The Kier molecular flexibility index (Phi) is 1.61. The molecule has 0 saturated heterocycles. The van der Waals surface area contributed by atoms with Crippen LogP contribution in [0.1, 0.15) is 12.8 Å². The predicted molar refractivity (Wildman–Crippen MR) is 40.6 cm³/mol. The maximum Gasteiger partial charge on any atom is 0.175 e. The molecule has 12 heavy (non-hydrogen) atoms. The second-order valence-corrected chi connectivity index (χ2v) is 3.62. The van der Waals surface area contributed by atoms with Gasteiger partial charge in [0.15, 0.2) is 5.78 Å². The number of Topliss-reactive ketones (excluding diaryl/α,β-unsaturated/α-hetero) is 1. The van der Waals surface area contributed by atoms with E-state index in [0.717, 1.165) is 12.8 Å². The highest BCUT2D eigenvalue weighted by Crippen LogP contribution is 2.43. The fourth-order valence-corrected chi connectivity index (χ4v) is 1.08. The van der Waals surface area contributed by atoms with Crippen LogP contribution in [0.5, 0.6) is 0 Å². The molecule has 0 bridgehead atoms. The van der Waals surface area contributed by atoms with Crippen LogP contribution < -0.4 is 0 Å². The fourth-order valence-electron chi connectivity index (χ4n) is 0.930. The molecule has 0 atom stereocenters. The summed E-state index contributed by atoms with van der Waals surface area (Å²) < 4.78 is 1.38. The second kappa shape index (κ2) is 2.52. The minimum atomic E-state index is -0.605. The van der Waals surface area contributed by atoms with E-state index in [1.807, 2.05) is 0 Å². The van der Waals surface area contributed by atoms with Crippen LogP contribution in [0.2, 0.25) is 0 Å². The molecule has 6 heteroatoms. The number of hydrogen-bond acceptors (Lipinski definition) is 4. The Morgan fingerprint density at radius 2 is 2.42 bits per heavy atom.